The standard InChI is InChI=1S/C30H36ClN3O6S/c1-5-6-17-32-30(36)22(2)33(20-23-11-10-12-25(18-23)39-3)29(35)21-34(24-15-16-28(40-4)27(31)19-24)41(37,38)26-13-8-7-9-14-26/h7-16,18-19,22H,5-6,17,20-21H2,1-4H3,(H,32,36)/t22-/m1/s1. The van der Waals surface area contributed by atoms with Crippen LogP contribution in [0.15, 0.2) is 77.7 Å². The Hall–Kier alpha value is -3.76. The van der Waals surface area contributed by atoms with Gasteiger partial charge in [-0.25, -0.2) is 8.42 Å². The lowest BCUT2D eigenvalue weighted by molar-refractivity contribution is -0.139. The third kappa shape index (κ3) is 8.14. The Morgan fingerprint density at radius 2 is 1.71 bits per heavy atom. The second-order valence-corrected chi connectivity index (χ2v) is 11.6. The molecule has 11 heteroatoms. The van der Waals surface area contributed by atoms with Crippen molar-refractivity contribution in [1.82, 2.24) is 10.2 Å². The van der Waals surface area contributed by atoms with Crippen LogP contribution in [-0.2, 0) is 26.2 Å². The van der Waals surface area contributed by atoms with Gasteiger partial charge < -0.3 is 19.7 Å². The van der Waals surface area contributed by atoms with Crippen molar-refractivity contribution in [2.75, 3.05) is 31.6 Å². The van der Waals surface area contributed by atoms with E-state index in [1.807, 2.05) is 13.0 Å². The number of carbonyl (C=O) groups excluding carboxylic acids is 2. The van der Waals surface area contributed by atoms with E-state index in [4.69, 9.17) is 21.1 Å². The van der Waals surface area contributed by atoms with Crippen LogP contribution >= 0.6 is 11.6 Å². The Balaban J connectivity index is 2.03. The summed E-state index contributed by atoms with van der Waals surface area (Å²) in [4.78, 5) is 28.4. The van der Waals surface area contributed by atoms with Gasteiger partial charge in [-0.2, -0.15) is 0 Å². The summed E-state index contributed by atoms with van der Waals surface area (Å²) in [7, 11) is -1.21. The van der Waals surface area contributed by atoms with Crippen LogP contribution in [0.5, 0.6) is 11.5 Å². The van der Waals surface area contributed by atoms with Crippen molar-refractivity contribution in [1.29, 1.82) is 0 Å². The molecule has 0 aliphatic carbocycles. The number of halogens is 1. The van der Waals surface area contributed by atoms with Crippen molar-refractivity contribution in [3.63, 3.8) is 0 Å². The minimum atomic E-state index is -4.20. The number of unbranched alkanes of at least 4 members (excludes halogenated alkanes) is 1. The van der Waals surface area contributed by atoms with Crippen molar-refractivity contribution < 1.29 is 27.5 Å². The molecule has 220 valence electrons. The summed E-state index contributed by atoms with van der Waals surface area (Å²) >= 11 is 6.35. The van der Waals surface area contributed by atoms with Crippen molar-refractivity contribution in [3.05, 3.63) is 83.4 Å². The number of nitrogens with zero attached hydrogens (tertiary/aromatic N) is 2. The first-order valence-electron chi connectivity index (χ1n) is 13.2. The Morgan fingerprint density at radius 1 is 0.976 bits per heavy atom. The van der Waals surface area contributed by atoms with E-state index in [0.717, 1.165) is 22.7 Å². The van der Waals surface area contributed by atoms with Gasteiger partial charge in [0, 0.05) is 13.1 Å². The van der Waals surface area contributed by atoms with Crippen LogP contribution in [0.1, 0.15) is 32.3 Å². The molecule has 0 saturated carbocycles. The maximum atomic E-state index is 14.0. The number of nitrogens with one attached hydrogen (secondary N) is 1. The molecule has 41 heavy (non-hydrogen) atoms. The number of anilines is 1. The van der Waals surface area contributed by atoms with Gasteiger partial charge in [-0.05, 0) is 61.4 Å². The maximum Gasteiger partial charge on any atom is 0.264 e. The number of amides is 2. The van der Waals surface area contributed by atoms with E-state index >= 15 is 0 Å². The molecule has 0 aliphatic rings. The fraction of sp³-hybridized carbons (Fsp3) is 0.333. The van der Waals surface area contributed by atoms with Gasteiger partial charge >= 0.3 is 0 Å². The van der Waals surface area contributed by atoms with Gasteiger partial charge in [-0.15, -0.1) is 0 Å². The van der Waals surface area contributed by atoms with E-state index in [9.17, 15) is 18.0 Å². The molecule has 3 aromatic rings. The van der Waals surface area contributed by atoms with E-state index in [2.05, 4.69) is 5.32 Å². The van der Waals surface area contributed by atoms with E-state index in [1.54, 1.807) is 43.3 Å². The van der Waals surface area contributed by atoms with E-state index in [1.165, 1.54) is 49.5 Å². The molecule has 0 aliphatic heterocycles. The lowest BCUT2D eigenvalue weighted by atomic mass is 10.1. The molecule has 0 spiro atoms. The van der Waals surface area contributed by atoms with Crippen molar-refractivity contribution >= 4 is 39.1 Å². The SMILES string of the molecule is CCCCNC(=O)[C@@H](C)N(Cc1cccc(OC)c1)C(=O)CN(c1ccc(OC)c(Cl)c1)S(=O)(=O)c1ccccc1. The number of sulfonamides is 1. The Bertz CT molecular complexity index is 1440. The second kappa shape index (κ2) is 14.7. The van der Waals surface area contributed by atoms with Gasteiger partial charge in [0.2, 0.25) is 11.8 Å². The number of hydrogen-bond acceptors (Lipinski definition) is 6. The summed E-state index contributed by atoms with van der Waals surface area (Å²) < 4.78 is 39.3. The second-order valence-electron chi connectivity index (χ2n) is 9.34. The van der Waals surface area contributed by atoms with E-state index < -0.39 is 28.5 Å². The van der Waals surface area contributed by atoms with Crippen LogP contribution in [0.3, 0.4) is 0 Å². The highest BCUT2D eigenvalue weighted by atomic mass is 35.5. The van der Waals surface area contributed by atoms with Gasteiger partial charge in [0.05, 0.1) is 29.8 Å². The zero-order valence-corrected chi connectivity index (χ0v) is 25.2. The minimum Gasteiger partial charge on any atom is -0.497 e. The molecule has 9 nitrogen and oxygen atoms in total. The Morgan fingerprint density at radius 3 is 2.34 bits per heavy atom. The van der Waals surface area contributed by atoms with Gasteiger partial charge in [-0.1, -0.05) is 55.3 Å². The smallest absolute Gasteiger partial charge is 0.264 e. The topological polar surface area (TPSA) is 105 Å². The predicted octanol–water partition coefficient (Wildman–Crippen LogP) is 4.89. The summed E-state index contributed by atoms with van der Waals surface area (Å²) in [6.07, 6.45) is 1.70. The summed E-state index contributed by atoms with van der Waals surface area (Å²) in [5, 5.41) is 3.05. The summed E-state index contributed by atoms with van der Waals surface area (Å²) in [5.41, 5.74) is 0.894. The number of ether oxygens (including phenoxy) is 2. The third-order valence-corrected chi connectivity index (χ3v) is 8.60. The number of methoxy groups -OCH3 is 2. The molecule has 0 heterocycles. The van der Waals surface area contributed by atoms with Crippen LogP contribution in [-0.4, -0.2) is 58.5 Å². The highest BCUT2D eigenvalue weighted by Crippen LogP contribution is 2.32. The van der Waals surface area contributed by atoms with Gasteiger partial charge in [-0.3, -0.25) is 13.9 Å². The van der Waals surface area contributed by atoms with Crippen LogP contribution < -0.4 is 19.1 Å². The highest BCUT2D eigenvalue weighted by molar-refractivity contribution is 7.92. The molecule has 0 radical (unpaired) electrons. The molecule has 0 unspecified atom stereocenters. The van der Waals surface area contributed by atoms with Crippen molar-refractivity contribution in [2.45, 2.75) is 44.2 Å². The van der Waals surface area contributed by atoms with E-state index in [-0.39, 0.29) is 28.1 Å². The van der Waals surface area contributed by atoms with Crippen LogP contribution in [0.2, 0.25) is 5.02 Å². The molecule has 3 aromatic carbocycles. The lowest BCUT2D eigenvalue weighted by Gasteiger charge is -2.32. The molecule has 2 amide bonds. The molecular weight excluding hydrogens is 566 g/mol. The zero-order valence-electron chi connectivity index (χ0n) is 23.7. The summed E-state index contributed by atoms with van der Waals surface area (Å²) in [6, 6.07) is 18.6. The van der Waals surface area contributed by atoms with E-state index in [0.29, 0.717) is 18.0 Å². The number of benzene rings is 3. The van der Waals surface area contributed by atoms with Crippen LogP contribution in [0, 0.1) is 0 Å². The molecule has 0 saturated heterocycles. The molecule has 3 rings (SSSR count). The number of rotatable bonds is 14. The molecule has 0 bridgehead atoms. The minimum absolute atomic E-state index is 0.00411. The zero-order chi connectivity index (χ0) is 30.0. The highest BCUT2D eigenvalue weighted by Gasteiger charge is 2.32. The monoisotopic (exact) mass is 601 g/mol. The largest absolute Gasteiger partial charge is 0.497 e. The summed E-state index contributed by atoms with van der Waals surface area (Å²) in [5.74, 6) is 0.0454. The number of hydrogen-bond donors (Lipinski definition) is 1. The average Bonchev–Trinajstić information content (AvgIpc) is 2.98. The lowest BCUT2D eigenvalue weighted by Crippen LogP contribution is -2.51. The number of carbonyl (C=O) groups is 2. The van der Waals surface area contributed by atoms with Crippen molar-refractivity contribution in [2.24, 2.45) is 0 Å². The van der Waals surface area contributed by atoms with Gasteiger partial charge in [0.15, 0.2) is 0 Å². The maximum absolute atomic E-state index is 14.0. The first kappa shape index (κ1) is 31.8. The van der Waals surface area contributed by atoms with Crippen LogP contribution in [0.25, 0.3) is 0 Å². The molecular formula is C30H36ClN3O6S. The first-order chi connectivity index (χ1) is 19.6. The molecule has 1 atom stereocenters. The Labute approximate surface area is 247 Å². The fourth-order valence-corrected chi connectivity index (χ4v) is 5.82. The first-order valence-corrected chi connectivity index (χ1v) is 15.1. The Kier molecular flexibility index (Phi) is 11.4. The third-order valence-electron chi connectivity index (χ3n) is 6.52. The van der Waals surface area contributed by atoms with Crippen molar-refractivity contribution in [3.8, 4) is 11.5 Å². The average molecular weight is 602 g/mol. The summed E-state index contributed by atoms with van der Waals surface area (Å²) in [6.45, 7) is 3.60. The van der Waals surface area contributed by atoms with Gasteiger partial charge in [0.25, 0.3) is 10.0 Å². The van der Waals surface area contributed by atoms with Gasteiger partial charge in [0.1, 0.15) is 24.1 Å². The molecule has 0 aromatic heterocycles. The fourth-order valence-electron chi connectivity index (χ4n) is 4.15. The predicted molar refractivity (Wildman–Crippen MR) is 160 cm³/mol. The molecule has 0 fully saturated rings. The molecule has 1 N–H and O–H groups in total. The van der Waals surface area contributed by atoms with Crippen LogP contribution in [0.4, 0.5) is 5.69 Å². The quantitative estimate of drug-likeness (QED) is 0.264. The normalized spacial score (nSPS) is 11.8.